The molecule has 0 fully saturated rings. The van der Waals surface area contributed by atoms with E-state index in [-0.39, 0.29) is 0 Å². The van der Waals surface area contributed by atoms with Crippen LogP contribution in [0.15, 0.2) is 23.2 Å². The second-order valence-corrected chi connectivity index (χ2v) is 4.38. The first kappa shape index (κ1) is 8.67. The number of ether oxygens (including phenoxy) is 2. The third-order valence-electron chi connectivity index (χ3n) is 2.63. The second-order valence-electron chi connectivity index (χ2n) is 4.38. The lowest BCUT2D eigenvalue weighted by Crippen LogP contribution is -2.20. The Balaban J connectivity index is 2.26. The molecule has 13 heavy (non-hydrogen) atoms. The summed E-state index contributed by atoms with van der Waals surface area (Å²) >= 11 is 0. The zero-order chi connectivity index (χ0) is 9.64. The first-order valence-electron chi connectivity index (χ1n) is 4.77. The molecule has 72 valence electrons. The highest BCUT2D eigenvalue weighted by atomic mass is 16.7. The van der Waals surface area contributed by atoms with Crippen molar-refractivity contribution in [1.29, 1.82) is 0 Å². The molecule has 0 radical (unpaired) electrons. The maximum absolute atomic E-state index is 5.68. The third-order valence-corrected chi connectivity index (χ3v) is 2.63. The molecule has 2 rings (SSSR count). The molecule has 0 N–H and O–H groups in total. The van der Waals surface area contributed by atoms with E-state index in [0.717, 1.165) is 17.9 Å². The summed E-state index contributed by atoms with van der Waals surface area (Å²) in [6.45, 7) is 8.24. The van der Waals surface area contributed by atoms with Gasteiger partial charge < -0.3 is 9.47 Å². The minimum atomic E-state index is -0.467. The molecule has 2 heteroatoms. The average Bonchev–Trinajstić information content (AvgIpc) is 2.24. The van der Waals surface area contributed by atoms with Gasteiger partial charge in [0.1, 0.15) is 5.76 Å². The highest BCUT2D eigenvalue weighted by molar-refractivity contribution is 5.29. The minimum absolute atomic E-state index is 0.467. The fourth-order valence-corrected chi connectivity index (χ4v) is 1.73. The minimum Gasteiger partial charge on any atom is -0.453 e. The van der Waals surface area contributed by atoms with Gasteiger partial charge >= 0.3 is 0 Å². The molecular formula is C11H16O2. The van der Waals surface area contributed by atoms with Crippen LogP contribution in [0.5, 0.6) is 0 Å². The number of rotatable bonds is 0. The van der Waals surface area contributed by atoms with Crippen LogP contribution < -0.4 is 0 Å². The van der Waals surface area contributed by atoms with Crippen LogP contribution >= 0.6 is 0 Å². The lowest BCUT2D eigenvalue weighted by Gasteiger charge is -2.18. The Morgan fingerprint density at radius 2 is 2.08 bits per heavy atom. The summed E-state index contributed by atoms with van der Waals surface area (Å²) in [5, 5.41) is 0. The first-order chi connectivity index (χ1) is 5.98. The summed E-state index contributed by atoms with van der Waals surface area (Å²) in [5.41, 5.74) is 1.38. The predicted molar refractivity (Wildman–Crippen MR) is 50.8 cm³/mol. The fourth-order valence-electron chi connectivity index (χ4n) is 1.73. The van der Waals surface area contributed by atoms with Gasteiger partial charge in [0.05, 0.1) is 0 Å². The van der Waals surface area contributed by atoms with Gasteiger partial charge in [0.2, 0.25) is 5.79 Å². The lowest BCUT2D eigenvalue weighted by molar-refractivity contribution is -0.121. The molecule has 1 atom stereocenters. The van der Waals surface area contributed by atoms with E-state index >= 15 is 0 Å². The molecule has 2 nitrogen and oxygen atoms in total. The Hall–Kier alpha value is -0.920. The number of hydrogen-bond acceptors (Lipinski definition) is 2. The maximum atomic E-state index is 5.68. The third kappa shape index (κ3) is 1.45. The zero-order valence-corrected chi connectivity index (χ0v) is 8.68. The molecule has 0 amide bonds. The van der Waals surface area contributed by atoms with E-state index in [2.05, 4.69) is 19.9 Å². The van der Waals surface area contributed by atoms with Crippen molar-refractivity contribution in [2.24, 2.45) is 5.92 Å². The first-order valence-corrected chi connectivity index (χ1v) is 4.77. The van der Waals surface area contributed by atoms with Crippen LogP contribution in [-0.4, -0.2) is 5.79 Å². The lowest BCUT2D eigenvalue weighted by atomic mass is 9.93. The highest BCUT2D eigenvalue weighted by Crippen LogP contribution is 2.39. The van der Waals surface area contributed by atoms with E-state index in [4.69, 9.17) is 9.47 Å². The molecule has 2 aliphatic rings. The molecule has 0 aromatic heterocycles. The van der Waals surface area contributed by atoms with Gasteiger partial charge in [-0.1, -0.05) is 12.5 Å². The van der Waals surface area contributed by atoms with E-state index in [0.29, 0.717) is 5.92 Å². The van der Waals surface area contributed by atoms with Gasteiger partial charge in [-0.25, -0.2) is 0 Å². The molecule has 0 saturated heterocycles. The van der Waals surface area contributed by atoms with Crippen molar-refractivity contribution >= 4 is 0 Å². The quantitative estimate of drug-likeness (QED) is 0.570. The summed E-state index contributed by atoms with van der Waals surface area (Å²) in [6.07, 6.45) is 3.07. The SMILES string of the molecule is CC1=CC2=C(CC1C)OC(C)(C)O2. The van der Waals surface area contributed by atoms with Crippen LogP contribution in [0.2, 0.25) is 0 Å². The predicted octanol–water partition coefficient (Wildman–Crippen LogP) is 2.97. The van der Waals surface area contributed by atoms with Crippen molar-refractivity contribution in [2.45, 2.75) is 39.9 Å². The average molecular weight is 180 g/mol. The van der Waals surface area contributed by atoms with Gasteiger partial charge in [0.25, 0.3) is 0 Å². The van der Waals surface area contributed by atoms with Crippen molar-refractivity contribution in [2.75, 3.05) is 0 Å². The molecule has 0 aromatic rings. The van der Waals surface area contributed by atoms with Crippen LogP contribution in [0.3, 0.4) is 0 Å². The molecule has 1 heterocycles. The van der Waals surface area contributed by atoms with Gasteiger partial charge in [-0.05, 0) is 18.9 Å². The Kier molecular flexibility index (Phi) is 1.69. The van der Waals surface area contributed by atoms with E-state index in [1.54, 1.807) is 0 Å². The molecule has 0 aromatic carbocycles. The normalized spacial score (nSPS) is 30.5. The van der Waals surface area contributed by atoms with Crippen molar-refractivity contribution < 1.29 is 9.47 Å². The van der Waals surface area contributed by atoms with E-state index in [1.165, 1.54) is 5.57 Å². The molecule has 0 saturated carbocycles. The summed E-state index contributed by atoms with van der Waals surface area (Å²) in [7, 11) is 0. The monoisotopic (exact) mass is 180 g/mol. The molecule has 1 aliphatic heterocycles. The maximum Gasteiger partial charge on any atom is 0.245 e. The summed E-state index contributed by atoms with van der Waals surface area (Å²) in [5.74, 6) is 2.06. The Morgan fingerprint density at radius 3 is 2.77 bits per heavy atom. The van der Waals surface area contributed by atoms with Gasteiger partial charge in [-0.3, -0.25) is 0 Å². The summed E-state index contributed by atoms with van der Waals surface area (Å²) in [4.78, 5) is 0. The standard InChI is InChI=1S/C11H16O2/c1-7-5-9-10(6-8(7)2)13-11(3,4)12-9/h5,8H,6H2,1-4H3. The summed E-state index contributed by atoms with van der Waals surface area (Å²) in [6, 6.07) is 0. The van der Waals surface area contributed by atoms with Crippen LogP contribution in [-0.2, 0) is 9.47 Å². The Morgan fingerprint density at radius 1 is 1.38 bits per heavy atom. The number of hydrogen-bond donors (Lipinski definition) is 0. The van der Waals surface area contributed by atoms with E-state index in [9.17, 15) is 0 Å². The molecule has 0 spiro atoms. The van der Waals surface area contributed by atoms with Gasteiger partial charge in [0.15, 0.2) is 5.76 Å². The Labute approximate surface area is 79.2 Å². The second kappa shape index (κ2) is 2.53. The molecule has 1 aliphatic carbocycles. The molecular weight excluding hydrogens is 164 g/mol. The number of allylic oxidation sites excluding steroid dienone is 3. The van der Waals surface area contributed by atoms with Gasteiger partial charge in [0, 0.05) is 20.3 Å². The zero-order valence-electron chi connectivity index (χ0n) is 8.68. The highest BCUT2D eigenvalue weighted by Gasteiger charge is 2.35. The van der Waals surface area contributed by atoms with Crippen LogP contribution in [0.4, 0.5) is 0 Å². The molecule has 0 bridgehead atoms. The molecule has 1 unspecified atom stereocenters. The van der Waals surface area contributed by atoms with Crippen LogP contribution in [0.25, 0.3) is 0 Å². The largest absolute Gasteiger partial charge is 0.453 e. The van der Waals surface area contributed by atoms with Crippen LogP contribution in [0, 0.1) is 5.92 Å². The van der Waals surface area contributed by atoms with Crippen molar-refractivity contribution in [1.82, 2.24) is 0 Å². The Bertz CT molecular complexity index is 297. The topological polar surface area (TPSA) is 18.5 Å². The summed E-state index contributed by atoms with van der Waals surface area (Å²) < 4.78 is 11.3. The van der Waals surface area contributed by atoms with Crippen LogP contribution in [0.1, 0.15) is 34.1 Å². The van der Waals surface area contributed by atoms with Crippen molar-refractivity contribution in [3.8, 4) is 0 Å². The fraction of sp³-hybridized carbons (Fsp3) is 0.636. The van der Waals surface area contributed by atoms with E-state index < -0.39 is 5.79 Å². The van der Waals surface area contributed by atoms with E-state index in [1.807, 2.05) is 13.8 Å². The smallest absolute Gasteiger partial charge is 0.245 e. The van der Waals surface area contributed by atoms with Gasteiger partial charge in [-0.15, -0.1) is 0 Å². The van der Waals surface area contributed by atoms with Crippen molar-refractivity contribution in [3.63, 3.8) is 0 Å². The van der Waals surface area contributed by atoms with Crippen molar-refractivity contribution in [3.05, 3.63) is 23.2 Å². The van der Waals surface area contributed by atoms with Gasteiger partial charge in [-0.2, -0.15) is 0 Å².